The highest BCUT2D eigenvalue weighted by atomic mass is 16.5. The third kappa shape index (κ3) is 4.60. The molecule has 0 amide bonds. The molecule has 0 radical (unpaired) electrons. The van der Waals surface area contributed by atoms with Gasteiger partial charge in [0.1, 0.15) is 17.6 Å². The first-order chi connectivity index (χ1) is 17.6. The molecular formula is C29H30N6O. The van der Waals surface area contributed by atoms with Gasteiger partial charge < -0.3 is 15.8 Å². The quantitative estimate of drug-likeness (QED) is 0.294. The molecule has 2 heterocycles. The number of pyridine rings is 1. The Hall–Kier alpha value is -4.39. The SMILES string of the molecule is CCOc1ccc(C(Nc2ccc3c(N)nccc3c2)c2nc(-c3ccccc3)nn2C)cc1CC. The van der Waals surface area contributed by atoms with Crippen LogP contribution in [0.5, 0.6) is 5.75 Å². The second-order valence-corrected chi connectivity index (χ2v) is 8.65. The van der Waals surface area contributed by atoms with Crippen molar-refractivity contribution in [3.05, 3.63) is 95.9 Å². The second kappa shape index (κ2) is 10.1. The highest BCUT2D eigenvalue weighted by Crippen LogP contribution is 2.32. The van der Waals surface area contributed by atoms with Crippen molar-refractivity contribution in [2.45, 2.75) is 26.3 Å². The number of benzene rings is 3. The molecule has 0 aliphatic heterocycles. The van der Waals surface area contributed by atoms with Gasteiger partial charge in [0, 0.05) is 29.9 Å². The van der Waals surface area contributed by atoms with Crippen molar-refractivity contribution in [2.75, 3.05) is 17.7 Å². The molecule has 1 unspecified atom stereocenters. The van der Waals surface area contributed by atoms with Crippen LogP contribution in [0.3, 0.4) is 0 Å². The summed E-state index contributed by atoms with van der Waals surface area (Å²) >= 11 is 0. The summed E-state index contributed by atoms with van der Waals surface area (Å²) in [7, 11) is 1.94. The summed E-state index contributed by atoms with van der Waals surface area (Å²) in [6.45, 7) is 4.78. The molecule has 0 saturated heterocycles. The number of nitrogens with two attached hydrogens (primary N) is 1. The van der Waals surface area contributed by atoms with Crippen LogP contribution < -0.4 is 15.8 Å². The summed E-state index contributed by atoms with van der Waals surface area (Å²) in [5.74, 6) is 2.95. The monoisotopic (exact) mass is 478 g/mol. The molecule has 0 bridgehead atoms. The molecule has 5 rings (SSSR count). The van der Waals surface area contributed by atoms with Gasteiger partial charge in [-0.25, -0.2) is 9.97 Å². The van der Waals surface area contributed by atoms with Gasteiger partial charge in [-0.3, -0.25) is 4.68 Å². The van der Waals surface area contributed by atoms with Crippen LogP contribution in [0, 0.1) is 0 Å². The molecule has 2 aromatic heterocycles. The first-order valence-corrected chi connectivity index (χ1v) is 12.2. The van der Waals surface area contributed by atoms with Crippen LogP contribution in [-0.4, -0.2) is 26.4 Å². The third-order valence-corrected chi connectivity index (χ3v) is 6.29. The van der Waals surface area contributed by atoms with Gasteiger partial charge in [-0.05, 0) is 66.3 Å². The number of aromatic nitrogens is 4. The first kappa shape index (κ1) is 23.4. The van der Waals surface area contributed by atoms with E-state index >= 15 is 0 Å². The van der Waals surface area contributed by atoms with Crippen molar-refractivity contribution in [1.82, 2.24) is 19.7 Å². The number of ether oxygens (including phenoxy) is 1. The summed E-state index contributed by atoms with van der Waals surface area (Å²) < 4.78 is 7.71. The number of aryl methyl sites for hydroxylation is 2. The van der Waals surface area contributed by atoms with Crippen LogP contribution in [0.15, 0.2) is 79.0 Å². The van der Waals surface area contributed by atoms with Crippen molar-refractivity contribution in [3.63, 3.8) is 0 Å². The number of anilines is 2. The standard InChI is InChI=1S/C29H30N6O/c1-4-19-17-22(11-14-25(19)36-5-2)26(29-33-28(34-35(29)3)20-9-7-6-8-10-20)32-23-12-13-24-21(18-23)15-16-31-27(24)30/h6-18,26,32H,4-5H2,1-3H3,(H2,30,31). The zero-order chi connectivity index (χ0) is 25.1. The number of hydrogen-bond acceptors (Lipinski definition) is 6. The molecule has 5 aromatic rings. The minimum absolute atomic E-state index is 0.238. The van der Waals surface area contributed by atoms with Crippen molar-refractivity contribution in [2.24, 2.45) is 7.05 Å². The molecule has 0 aliphatic rings. The Morgan fingerprint density at radius 1 is 1.00 bits per heavy atom. The molecule has 0 fully saturated rings. The van der Waals surface area contributed by atoms with E-state index in [9.17, 15) is 0 Å². The molecule has 36 heavy (non-hydrogen) atoms. The fourth-order valence-corrected chi connectivity index (χ4v) is 4.46. The topological polar surface area (TPSA) is 90.9 Å². The van der Waals surface area contributed by atoms with Crippen LogP contribution in [0.2, 0.25) is 0 Å². The van der Waals surface area contributed by atoms with Crippen molar-refractivity contribution < 1.29 is 4.74 Å². The van der Waals surface area contributed by atoms with Gasteiger partial charge in [0.2, 0.25) is 0 Å². The highest BCUT2D eigenvalue weighted by molar-refractivity contribution is 5.92. The van der Waals surface area contributed by atoms with Gasteiger partial charge in [0.05, 0.1) is 6.61 Å². The Balaban J connectivity index is 1.60. The number of nitrogen functional groups attached to an aromatic ring is 1. The number of nitrogens with zero attached hydrogens (tertiary/aromatic N) is 4. The normalized spacial score (nSPS) is 12.0. The van der Waals surface area contributed by atoms with E-state index in [1.54, 1.807) is 6.20 Å². The van der Waals surface area contributed by atoms with E-state index in [-0.39, 0.29) is 6.04 Å². The molecule has 3 N–H and O–H groups in total. The van der Waals surface area contributed by atoms with Gasteiger partial charge in [-0.1, -0.05) is 43.3 Å². The van der Waals surface area contributed by atoms with E-state index in [4.69, 9.17) is 20.6 Å². The smallest absolute Gasteiger partial charge is 0.181 e. The Bertz CT molecular complexity index is 1490. The second-order valence-electron chi connectivity index (χ2n) is 8.65. The number of hydrogen-bond donors (Lipinski definition) is 2. The highest BCUT2D eigenvalue weighted by Gasteiger charge is 2.23. The Labute approximate surface area is 211 Å². The number of rotatable bonds is 8. The van der Waals surface area contributed by atoms with Gasteiger partial charge in [-0.2, -0.15) is 5.10 Å². The fraction of sp³-hybridized carbons (Fsp3) is 0.207. The molecular weight excluding hydrogens is 448 g/mol. The maximum absolute atomic E-state index is 6.07. The summed E-state index contributed by atoms with van der Waals surface area (Å²) in [5.41, 5.74) is 10.2. The van der Waals surface area contributed by atoms with Crippen LogP contribution in [0.1, 0.15) is 36.8 Å². The molecule has 7 heteroatoms. The maximum atomic E-state index is 6.07. The van der Waals surface area contributed by atoms with Gasteiger partial charge >= 0.3 is 0 Å². The Morgan fingerprint density at radius 2 is 1.83 bits per heavy atom. The van der Waals surface area contributed by atoms with Gasteiger partial charge in [0.25, 0.3) is 0 Å². The van der Waals surface area contributed by atoms with Crippen molar-refractivity contribution in [1.29, 1.82) is 0 Å². The third-order valence-electron chi connectivity index (χ3n) is 6.29. The fourth-order valence-electron chi connectivity index (χ4n) is 4.46. The zero-order valence-electron chi connectivity index (χ0n) is 20.8. The molecule has 3 aromatic carbocycles. The Kier molecular flexibility index (Phi) is 6.54. The van der Waals surface area contributed by atoms with E-state index in [2.05, 4.69) is 35.4 Å². The minimum atomic E-state index is -0.238. The van der Waals surface area contributed by atoms with Crippen LogP contribution >= 0.6 is 0 Å². The predicted molar refractivity (Wildman–Crippen MR) is 145 cm³/mol. The largest absolute Gasteiger partial charge is 0.494 e. The van der Waals surface area contributed by atoms with E-state index in [1.807, 2.05) is 73.3 Å². The van der Waals surface area contributed by atoms with Crippen LogP contribution in [0.4, 0.5) is 11.5 Å². The predicted octanol–water partition coefficient (Wildman–Crippen LogP) is 5.78. The van der Waals surface area contributed by atoms with E-state index in [0.29, 0.717) is 18.2 Å². The maximum Gasteiger partial charge on any atom is 0.181 e. The molecule has 182 valence electrons. The minimum Gasteiger partial charge on any atom is -0.494 e. The first-order valence-electron chi connectivity index (χ1n) is 12.2. The average molecular weight is 479 g/mol. The molecule has 0 saturated carbocycles. The van der Waals surface area contributed by atoms with Crippen LogP contribution in [0.25, 0.3) is 22.2 Å². The molecule has 0 spiro atoms. The Morgan fingerprint density at radius 3 is 2.61 bits per heavy atom. The van der Waals surface area contributed by atoms with Crippen molar-refractivity contribution in [3.8, 4) is 17.1 Å². The van der Waals surface area contributed by atoms with Gasteiger partial charge in [0.15, 0.2) is 11.6 Å². The molecule has 7 nitrogen and oxygen atoms in total. The summed E-state index contributed by atoms with van der Waals surface area (Å²) in [6.07, 6.45) is 2.60. The summed E-state index contributed by atoms with van der Waals surface area (Å²) in [5, 5.41) is 10.4. The lowest BCUT2D eigenvalue weighted by Crippen LogP contribution is -2.17. The lowest BCUT2D eigenvalue weighted by atomic mass is 10.0. The zero-order valence-corrected chi connectivity index (χ0v) is 20.8. The van der Waals surface area contributed by atoms with Crippen LogP contribution in [-0.2, 0) is 13.5 Å². The summed E-state index contributed by atoms with van der Waals surface area (Å²) in [6, 6.07) is 24.2. The average Bonchev–Trinajstić information content (AvgIpc) is 3.29. The number of nitrogens with one attached hydrogen (secondary N) is 1. The number of fused-ring (bicyclic) bond motifs is 1. The van der Waals surface area contributed by atoms with E-state index in [0.717, 1.165) is 51.1 Å². The van der Waals surface area contributed by atoms with E-state index < -0.39 is 0 Å². The summed E-state index contributed by atoms with van der Waals surface area (Å²) in [4.78, 5) is 9.17. The van der Waals surface area contributed by atoms with Crippen molar-refractivity contribution >= 4 is 22.3 Å². The van der Waals surface area contributed by atoms with Gasteiger partial charge in [-0.15, -0.1) is 0 Å². The van der Waals surface area contributed by atoms with E-state index in [1.165, 1.54) is 0 Å². The molecule has 1 atom stereocenters. The lowest BCUT2D eigenvalue weighted by molar-refractivity contribution is 0.336. The lowest BCUT2D eigenvalue weighted by Gasteiger charge is -2.21. The molecule has 0 aliphatic carbocycles.